The van der Waals surface area contributed by atoms with Crippen molar-refractivity contribution in [1.82, 2.24) is 0 Å². The Labute approximate surface area is 120 Å². The topological polar surface area (TPSA) is 0 Å². The molecule has 0 spiro atoms. The summed E-state index contributed by atoms with van der Waals surface area (Å²) in [4.78, 5) is 2.25. The van der Waals surface area contributed by atoms with Gasteiger partial charge in [0, 0.05) is 15.3 Å². The Bertz CT molecular complexity index is 612. The second kappa shape index (κ2) is 4.88. The van der Waals surface area contributed by atoms with E-state index in [4.69, 9.17) is 11.6 Å². The molecule has 0 fully saturated rings. The van der Waals surface area contributed by atoms with E-state index in [9.17, 15) is 8.78 Å². The van der Waals surface area contributed by atoms with Crippen LogP contribution < -0.4 is 0 Å². The summed E-state index contributed by atoms with van der Waals surface area (Å²) in [5.41, 5.74) is 1.85. The molecule has 100 valence electrons. The van der Waals surface area contributed by atoms with Crippen LogP contribution in [0, 0.1) is 18.6 Å². The highest BCUT2D eigenvalue weighted by molar-refractivity contribution is 7.12. The molecule has 0 bridgehead atoms. The van der Waals surface area contributed by atoms with Crippen LogP contribution in [-0.2, 0) is 12.8 Å². The molecule has 3 rings (SSSR count). The Kier molecular flexibility index (Phi) is 3.35. The molecule has 1 unspecified atom stereocenters. The molecule has 1 aromatic carbocycles. The maximum Gasteiger partial charge on any atom is 0.128 e. The Morgan fingerprint density at radius 1 is 1.16 bits per heavy atom. The lowest BCUT2D eigenvalue weighted by Gasteiger charge is -2.10. The van der Waals surface area contributed by atoms with Gasteiger partial charge in [0.25, 0.3) is 0 Å². The Morgan fingerprint density at radius 2 is 1.95 bits per heavy atom. The number of hydrogen-bond donors (Lipinski definition) is 0. The van der Waals surface area contributed by atoms with Crippen molar-refractivity contribution in [3.8, 4) is 0 Å². The van der Waals surface area contributed by atoms with Gasteiger partial charge in [-0.25, -0.2) is 8.78 Å². The van der Waals surface area contributed by atoms with Crippen molar-refractivity contribution >= 4 is 22.9 Å². The van der Waals surface area contributed by atoms with Crippen LogP contribution in [0.3, 0.4) is 0 Å². The summed E-state index contributed by atoms with van der Waals surface area (Å²) in [6, 6.07) is 4.47. The molecule has 0 saturated heterocycles. The minimum Gasteiger partial charge on any atom is -0.207 e. The van der Waals surface area contributed by atoms with Gasteiger partial charge < -0.3 is 0 Å². The number of alkyl halides is 1. The highest BCUT2D eigenvalue weighted by Gasteiger charge is 2.22. The van der Waals surface area contributed by atoms with Crippen LogP contribution in [0.2, 0.25) is 0 Å². The number of rotatable bonds is 2. The molecule has 1 atom stereocenters. The largest absolute Gasteiger partial charge is 0.207 e. The van der Waals surface area contributed by atoms with Crippen molar-refractivity contribution in [3.05, 3.63) is 56.3 Å². The third-order valence-corrected chi connectivity index (χ3v) is 5.47. The number of halogens is 3. The van der Waals surface area contributed by atoms with Gasteiger partial charge in [-0.05, 0) is 55.5 Å². The van der Waals surface area contributed by atoms with Gasteiger partial charge in [0.2, 0.25) is 0 Å². The molecule has 19 heavy (non-hydrogen) atoms. The summed E-state index contributed by atoms with van der Waals surface area (Å²) in [6.07, 6.45) is 3.33. The molecule has 1 aliphatic rings. The first-order valence-electron chi connectivity index (χ1n) is 6.27. The minimum absolute atomic E-state index is 0.227. The molecule has 0 saturated carbocycles. The lowest BCUT2D eigenvalue weighted by Crippen LogP contribution is -1.98. The van der Waals surface area contributed by atoms with Gasteiger partial charge in [-0.1, -0.05) is 0 Å². The van der Waals surface area contributed by atoms with E-state index in [2.05, 4.69) is 0 Å². The van der Waals surface area contributed by atoms with Crippen molar-refractivity contribution in [2.75, 3.05) is 0 Å². The Hall–Kier alpha value is -0.930. The zero-order valence-electron chi connectivity index (χ0n) is 10.5. The fourth-order valence-corrected chi connectivity index (χ4v) is 4.10. The number of benzene rings is 1. The zero-order valence-corrected chi connectivity index (χ0v) is 12.0. The quantitative estimate of drug-likeness (QED) is 0.673. The molecule has 0 amide bonds. The summed E-state index contributed by atoms with van der Waals surface area (Å²) in [6.45, 7) is 1.55. The Morgan fingerprint density at radius 3 is 2.68 bits per heavy atom. The normalized spacial score (nSPS) is 15.6. The van der Waals surface area contributed by atoms with Crippen LogP contribution in [0.15, 0.2) is 18.2 Å². The third-order valence-electron chi connectivity index (χ3n) is 3.57. The molecule has 0 N–H and O–H groups in total. The van der Waals surface area contributed by atoms with E-state index in [0.717, 1.165) is 17.7 Å². The Balaban J connectivity index is 1.99. The second-order valence-electron chi connectivity index (χ2n) is 4.94. The molecule has 1 aromatic heterocycles. The lowest BCUT2D eigenvalue weighted by molar-refractivity contribution is 0.581. The van der Waals surface area contributed by atoms with Crippen molar-refractivity contribution in [1.29, 1.82) is 0 Å². The average molecular weight is 299 g/mol. The van der Waals surface area contributed by atoms with Gasteiger partial charge in [-0.2, -0.15) is 0 Å². The van der Waals surface area contributed by atoms with Crippen LogP contribution in [-0.4, -0.2) is 0 Å². The monoisotopic (exact) mass is 298 g/mol. The molecule has 0 aliphatic heterocycles. The number of thiophene rings is 1. The van der Waals surface area contributed by atoms with Gasteiger partial charge in [-0.3, -0.25) is 0 Å². The molecular weight excluding hydrogens is 286 g/mol. The third kappa shape index (κ3) is 2.30. The van der Waals surface area contributed by atoms with E-state index in [1.165, 1.54) is 29.0 Å². The van der Waals surface area contributed by atoms with Crippen LogP contribution in [0.25, 0.3) is 0 Å². The van der Waals surface area contributed by atoms with Gasteiger partial charge >= 0.3 is 0 Å². The van der Waals surface area contributed by atoms with Gasteiger partial charge in [0.1, 0.15) is 11.6 Å². The molecule has 2 aromatic rings. The van der Waals surface area contributed by atoms with E-state index in [1.807, 2.05) is 6.07 Å². The maximum absolute atomic E-state index is 13.9. The van der Waals surface area contributed by atoms with Gasteiger partial charge in [0.15, 0.2) is 0 Å². The van der Waals surface area contributed by atoms with E-state index in [0.29, 0.717) is 5.56 Å². The molecule has 1 heterocycles. The van der Waals surface area contributed by atoms with Crippen LogP contribution in [0.1, 0.15) is 38.2 Å². The van der Waals surface area contributed by atoms with Crippen molar-refractivity contribution in [3.63, 3.8) is 0 Å². The summed E-state index contributed by atoms with van der Waals surface area (Å²) < 4.78 is 27.5. The fourth-order valence-electron chi connectivity index (χ4n) is 2.49. The van der Waals surface area contributed by atoms with Crippen molar-refractivity contribution in [2.45, 2.75) is 31.6 Å². The summed E-state index contributed by atoms with van der Waals surface area (Å²) >= 11 is 7.95. The SMILES string of the molecule is Cc1cc(F)c(C(Cl)c2cc3c(s2)CCC3)cc1F. The average Bonchev–Trinajstić information content (AvgIpc) is 2.93. The lowest BCUT2D eigenvalue weighted by atomic mass is 10.1. The van der Waals surface area contributed by atoms with E-state index >= 15 is 0 Å². The smallest absolute Gasteiger partial charge is 0.128 e. The van der Waals surface area contributed by atoms with Crippen molar-refractivity contribution < 1.29 is 8.78 Å². The zero-order chi connectivity index (χ0) is 13.6. The molecular formula is C15H13ClF2S. The molecule has 1 aliphatic carbocycles. The fraction of sp³-hybridized carbons (Fsp3) is 0.333. The van der Waals surface area contributed by atoms with Crippen LogP contribution in [0.4, 0.5) is 8.78 Å². The summed E-state index contributed by atoms with van der Waals surface area (Å²) in [5, 5.41) is -0.606. The van der Waals surface area contributed by atoms with E-state index in [-0.39, 0.29) is 5.56 Å². The number of aryl methyl sites for hydroxylation is 3. The summed E-state index contributed by atoms with van der Waals surface area (Å²) in [5.74, 6) is -0.849. The molecule has 0 radical (unpaired) electrons. The van der Waals surface area contributed by atoms with Crippen LogP contribution in [0.5, 0.6) is 0 Å². The van der Waals surface area contributed by atoms with Gasteiger partial charge in [-0.15, -0.1) is 22.9 Å². The van der Waals surface area contributed by atoms with Gasteiger partial charge in [0.05, 0.1) is 5.38 Å². The predicted molar refractivity (Wildman–Crippen MR) is 75.1 cm³/mol. The van der Waals surface area contributed by atoms with E-state index in [1.54, 1.807) is 18.3 Å². The number of hydrogen-bond acceptors (Lipinski definition) is 1. The first-order valence-corrected chi connectivity index (χ1v) is 7.52. The molecule has 4 heteroatoms. The maximum atomic E-state index is 13.9. The first kappa shape index (κ1) is 13.1. The highest BCUT2D eigenvalue weighted by Crippen LogP contribution is 2.40. The predicted octanol–water partition coefficient (Wildman–Crippen LogP) is 5.15. The summed E-state index contributed by atoms with van der Waals surface area (Å²) in [7, 11) is 0. The first-order chi connectivity index (χ1) is 9.06. The van der Waals surface area contributed by atoms with E-state index < -0.39 is 17.0 Å². The van der Waals surface area contributed by atoms with Crippen molar-refractivity contribution in [2.24, 2.45) is 0 Å². The highest BCUT2D eigenvalue weighted by atomic mass is 35.5. The van der Waals surface area contributed by atoms with Crippen LogP contribution >= 0.6 is 22.9 Å². The molecule has 0 nitrogen and oxygen atoms in total. The standard InChI is InChI=1S/C15H13ClF2S/c1-8-5-12(18)10(7-11(8)17)15(16)14-6-9-3-2-4-13(9)19-14/h5-7,15H,2-4H2,1H3. The minimum atomic E-state index is -0.606. The second-order valence-corrected chi connectivity index (χ2v) is 6.54. The number of fused-ring (bicyclic) bond motifs is 1.